The van der Waals surface area contributed by atoms with Gasteiger partial charge in [0.05, 0.1) is 0 Å². The third-order valence-electron chi connectivity index (χ3n) is 3.58. The van der Waals surface area contributed by atoms with E-state index < -0.39 is 0 Å². The number of aromatic nitrogens is 1. The summed E-state index contributed by atoms with van der Waals surface area (Å²) in [6, 6.07) is 3.48. The van der Waals surface area contributed by atoms with Crippen LogP contribution in [0, 0.1) is 0 Å². The van der Waals surface area contributed by atoms with E-state index in [0.717, 1.165) is 19.4 Å². The van der Waals surface area contributed by atoms with Gasteiger partial charge in [0.1, 0.15) is 0 Å². The van der Waals surface area contributed by atoms with Gasteiger partial charge in [0.15, 0.2) is 0 Å². The molecular formula is C15H23N3O. The number of carbonyl (C=O) groups excluding carboxylic acids is 1. The summed E-state index contributed by atoms with van der Waals surface area (Å²) in [4.78, 5) is 18.2. The number of rotatable bonds is 6. The molecule has 1 aliphatic rings. The fourth-order valence-electron chi connectivity index (χ4n) is 2.45. The number of nitrogens with zero attached hydrogens (tertiary/aromatic N) is 2. The number of carbonyl (C=O) groups is 1. The molecule has 0 aliphatic carbocycles. The van der Waals surface area contributed by atoms with Crippen molar-refractivity contribution in [1.29, 1.82) is 0 Å². The molecule has 4 heteroatoms. The fourth-order valence-corrected chi connectivity index (χ4v) is 2.45. The second kappa shape index (κ2) is 7.89. The predicted molar refractivity (Wildman–Crippen MR) is 76.1 cm³/mol. The molecule has 1 aromatic rings. The van der Waals surface area contributed by atoms with Crippen LogP contribution >= 0.6 is 0 Å². The number of piperidine rings is 1. The molecule has 4 nitrogen and oxygen atoms in total. The number of hydrogen-bond donors (Lipinski definition) is 1. The van der Waals surface area contributed by atoms with Crippen molar-refractivity contribution in [2.45, 2.75) is 32.1 Å². The van der Waals surface area contributed by atoms with Gasteiger partial charge in [-0.2, -0.15) is 0 Å². The van der Waals surface area contributed by atoms with E-state index in [1.54, 1.807) is 24.5 Å². The number of nitrogens with one attached hydrogen (secondary N) is 1. The number of hydrogen-bond acceptors (Lipinski definition) is 3. The molecular weight excluding hydrogens is 238 g/mol. The smallest absolute Gasteiger partial charge is 0.251 e. The van der Waals surface area contributed by atoms with E-state index in [1.165, 1.54) is 38.9 Å². The summed E-state index contributed by atoms with van der Waals surface area (Å²) in [6.07, 6.45) is 9.58. The summed E-state index contributed by atoms with van der Waals surface area (Å²) < 4.78 is 0. The molecule has 1 amide bonds. The summed E-state index contributed by atoms with van der Waals surface area (Å²) in [5.74, 6) is 0.000345. The molecule has 2 heterocycles. The zero-order valence-electron chi connectivity index (χ0n) is 11.5. The minimum atomic E-state index is 0.000345. The van der Waals surface area contributed by atoms with Gasteiger partial charge >= 0.3 is 0 Å². The van der Waals surface area contributed by atoms with Gasteiger partial charge in [-0.05, 0) is 57.5 Å². The highest BCUT2D eigenvalue weighted by atomic mass is 16.1. The number of amides is 1. The maximum absolute atomic E-state index is 11.8. The Balaban J connectivity index is 1.55. The Bertz CT molecular complexity index is 374. The Kier molecular flexibility index (Phi) is 5.82. The molecule has 0 bridgehead atoms. The van der Waals surface area contributed by atoms with Gasteiger partial charge in [-0.25, -0.2) is 0 Å². The van der Waals surface area contributed by atoms with E-state index >= 15 is 0 Å². The van der Waals surface area contributed by atoms with Crippen molar-refractivity contribution in [3.63, 3.8) is 0 Å². The molecule has 1 fully saturated rings. The first kappa shape index (κ1) is 14.0. The number of pyridine rings is 1. The average Bonchev–Trinajstić information content (AvgIpc) is 2.49. The van der Waals surface area contributed by atoms with Crippen molar-refractivity contribution in [2.75, 3.05) is 26.2 Å². The van der Waals surface area contributed by atoms with Crippen LogP contribution in [-0.4, -0.2) is 42.0 Å². The van der Waals surface area contributed by atoms with E-state index in [9.17, 15) is 4.79 Å². The molecule has 104 valence electrons. The van der Waals surface area contributed by atoms with Gasteiger partial charge in [0.25, 0.3) is 5.91 Å². The van der Waals surface area contributed by atoms with Crippen LogP contribution in [-0.2, 0) is 0 Å². The van der Waals surface area contributed by atoms with Crippen LogP contribution in [0.15, 0.2) is 24.5 Å². The molecule has 0 aromatic carbocycles. The predicted octanol–water partition coefficient (Wildman–Crippen LogP) is 2.08. The summed E-state index contributed by atoms with van der Waals surface area (Å²) >= 11 is 0. The van der Waals surface area contributed by atoms with Crippen molar-refractivity contribution in [1.82, 2.24) is 15.2 Å². The van der Waals surface area contributed by atoms with Crippen molar-refractivity contribution < 1.29 is 4.79 Å². The van der Waals surface area contributed by atoms with Gasteiger partial charge in [0.2, 0.25) is 0 Å². The van der Waals surface area contributed by atoms with E-state index in [0.29, 0.717) is 5.56 Å². The molecule has 0 unspecified atom stereocenters. The first-order chi connectivity index (χ1) is 9.36. The summed E-state index contributed by atoms with van der Waals surface area (Å²) in [5.41, 5.74) is 0.686. The Hall–Kier alpha value is -1.42. The molecule has 1 aromatic heterocycles. The standard InChI is InChI=1S/C15H23N3O/c19-15(14-6-9-16-10-7-14)17-8-2-5-13-18-11-3-1-4-12-18/h6-7,9-10H,1-5,8,11-13H2,(H,17,19). The molecule has 1 saturated heterocycles. The first-order valence-corrected chi connectivity index (χ1v) is 7.27. The zero-order valence-corrected chi connectivity index (χ0v) is 11.5. The van der Waals surface area contributed by atoms with Crippen LogP contribution in [0.3, 0.4) is 0 Å². The lowest BCUT2D eigenvalue weighted by atomic mass is 10.1. The molecule has 0 spiro atoms. The monoisotopic (exact) mass is 261 g/mol. The molecule has 1 aliphatic heterocycles. The van der Waals surface area contributed by atoms with Crippen LogP contribution in [0.5, 0.6) is 0 Å². The zero-order chi connectivity index (χ0) is 13.3. The SMILES string of the molecule is O=C(NCCCCN1CCCCC1)c1ccncc1. The second-order valence-corrected chi connectivity index (χ2v) is 5.10. The molecule has 0 radical (unpaired) electrons. The lowest BCUT2D eigenvalue weighted by molar-refractivity contribution is 0.0952. The highest BCUT2D eigenvalue weighted by Gasteiger charge is 2.09. The van der Waals surface area contributed by atoms with E-state index in [-0.39, 0.29) is 5.91 Å². The Morgan fingerprint density at radius 3 is 2.63 bits per heavy atom. The Morgan fingerprint density at radius 2 is 1.89 bits per heavy atom. The van der Waals surface area contributed by atoms with Crippen LogP contribution in [0.1, 0.15) is 42.5 Å². The molecule has 2 rings (SSSR count). The fraction of sp³-hybridized carbons (Fsp3) is 0.600. The molecule has 1 N–H and O–H groups in total. The van der Waals surface area contributed by atoms with Crippen molar-refractivity contribution in [3.05, 3.63) is 30.1 Å². The van der Waals surface area contributed by atoms with Gasteiger partial charge in [-0.15, -0.1) is 0 Å². The highest BCUT2D eigenvalue weighted by Crippen LogP contribution is 2.09. The normalized spacial score (nSPS) is 16.2. The lowest BCUT2D eigenvalue weighted by Crippen LogP contribution is -2.31. The molecule has 0 saturated carbocycles. The van der Waals surface area contributed by atoms with E-state index in [2.05, 4.69) is 15.2 Å². The first-order valence-electron chi connectivity index (χ1n) is 7.27. The topological polar surface area (TPSA) is 45.2 Å². The minimum Gasteiger partial charge on any atom is -0.352 e. The summed E-state index contributed by atoms with van der Waals surface area (Å²) in [5, 5.41) is 2.95. The van der Waals surface area contributed by atoms with Crippen LogP contribution in [0.4, 0.5) is 0 Å². The van der Waals surface area contributed by atoms with Crippen LogP contribution in [0.25, 0.3) is 0 Å². The Morgan fingerprint density at radius 1 is 1.16 bits per heavy atom. The van der Waals surface area contributed by atoms with Crippen LogP contribution in [0.2, 0.25) is 0 Å². The van der Waals surface area contributed by atoms with Gasteiger partial charge in [-0.3, -0.25) is 9.78 Å². The van der Waals surface area contributed by atoms with Gasteiger partial charge in [-0.1, -0.05) is 6.42 Å². The largest absolute Gasteiger partial charge is 0.352 e. The second-order valence-electron chi connectivity index (χ2n) is 5.10. The van der Waals surface area contributed by atoms with E-state index in [1.807, 2.05) is 0 Å². The lowest BCUT2D eigenvalue weighted by Gasteiger charge is -2.26. The number of unbranched alkanes of at least 4 members (excludes halogenated alkanes) is 1. The highest BCUT2D eigenvalue weighted by molar-refractivity contribution is 5.93. The Labute approximate surface area is 115 Å². The third kappa shape index (κ3) is 4.99. The molecule has 19 heavy (non-hydrogen) atoms. The summed E-state index contributed by atoms with van der Waals surface area (Å²) in [7, 11) is 0. The van der Waals surface area contributed by atoms with Gasteiger partial charge < -0.3 is 10.2 Å². The third-order valence-corrected chi connectivity index (χ3v) is 3.58. The average molecular weight is 261 g/mol. The van der Waals surface area contributed by atoms with E-state index in [4.69, 9.17) is 0 Å². The minimum absolute atomic E-state index is 0.000345. The maximum Gasteiger partial charge on any atom is 0.251 e. The maximum atomic E-state index is 11.8. The van der Waals surface area contributed by atoms with Crippen molar-refractivity contribution in [3.8, 4) is 0 Å². The molecule has 0 atom stereocenters. The summed E-state index contributed by atoms with van der Waals surface area (Å²) in [6.45, 7) is 4.44. The van der Waals surface area contributed by atoms with Gasteiger partial charge in [0, 0.05) is 24.5 Å². The number of likely N-dealkylation sites (tertiary alicyclic amines) is 1. The quantitative estimate of drug-likeness (QED) is 0.797. The van der Waals surface area contributed by atoms with Crippen molar-refractivity contribution >= 4 is 5.91 Å². The van der Waals surface area contributed by atoms with Crippen molar-refractivity contribution in [2.24, 2.45) is 0 Å². The van der Waals surface area contributed by atoms with Crippen LogP contribution < -0.4 is 5.32 Å².